The predicted octanol–water partition coefficient (Wildman–Crippen LogP) is 16.2. The topological polar surface area (TPSA) is 305 Å². The molecule has 3 fully saturated rings. The molecule has 20 nitrogen and oxygen atoms in total. The molecule has 7 aromatic heterocycles. The molecule has 480 valence electrons. The highest BCUT2D eigenvalue weighted by molar-refractivity contribution is 14.3. The average Bonchev–Trinajstić information content (AvgIpc) is 2.78. The monoisotopic (exact) mass is 1750 g/mol. The Morgan fingerprint density at radius 2 is 0.830 bits per heavy atom. The minimum Gasteiger partial charge on any atom is -0.405 e. The van der Waals surface area contributed by atoms with Gasteiger partial charge in [0.05, 0.1) is 82.8 Å². The molecule has 0 saturated carbocycles. The number of thiophene rings is 4. The van der Waals surface area contributed by atoms with Crippen LogP contribution in [0.3, 0.4) is 0 Å². The van der Waals surface area contributed by atoms with Crippen molar-refractivity contribution >= 4 is 205 Å². The highest BCUT2D eigenvalue weighted by Crippen LogP contribution is 2.44. The molecule has 0 amide bonds. The van der Waals surface area contributed by atoms with Crippen LogP contribution in [0.4, 0.5) is 34.1 Å². The van der Waals surface area contributed by atoms with Crippen molar-refractivity contribution in [3.8, 4) is 20.9 Å². The number of anilines is 4. The third-order valence-corrected chi connectivity index (χ3v) is 19.2. The van der Waals surface area contributed by atoms with Crippen LogP contribution < -0.4 is 27.7 Å². The molecule has 0 atom stereocenters. The third-order valence-electron chi connectivity index (χ3n) is 14.0. The lowest BCUT2D eigenvalue weighted by Gasteiger charge is -2.32. The van der Waals surface area contributed by atoms with Crippen molar-refractivity contribution in [2.24, 2.45) is 0 Å². The van der Waals surface area contributed by atoms with E-state index in [4.69, 9.17) is 56.0 Å². The van der Waals surface area contributed by atoms with E-state index in [0.29, 0.717) is 20.8 Å². The summed E-state index contributed by atoms with van der Waals surface area (Å²) in [7, 11) is -0.152. The van der Waals surface area contributed by atoms with Crippen molar-refractivity contribution in [2.75, 3.05) is 30.0 Å². The number of hydrogen-bond acceptors (Lipinski definition) is 22. The molecule has 10 rings (SSSR count). The van der Waals surface area contributed by atoms with E-state index in [1.165, 1.54) is 54.5 Å². The van der Waals surface area contributed by atoms with Gasteiger partial charge in [0.1, 0.15) is 15.3 Å². The van der Waals surface area contributed by atoms with Gasteiger partial charge in [-0.2, -0.15) is 0 Å². The van der Waals surface area contributed by atoms with E-state index in [2.05, 4.69) is 200 Å². The number of halogens is 5. The molecule has 32 heteroatoms. The van der Waals surface area contributed by atoms with Crippen LogP contribution >= 0.6 is 145 Å². The highest BCUT2D eigenvalue weighted by Gasteiger charge is 2.64. The third kappa shape index (κ3) is 23.1. The summed E-state index contributed by atoms with van der Waals surface area (Å²) in [6.45, 7) is 34.9. The van der Waals surface area contributed by atoms with Crippen molar-refractivity contribution in [1.82, 2.24) is 15.0 Å². The molecule has 0 aliphatic carbocycles. The zero-order valence-corrected chi connectivity index (χ0v) is 65.3. The van der Waals surface area contributed by atoms with Crippen LogP contribution in [0.15, 0.2) is 94.0 Å². The number of hydrogen-bond donors (Lipinski definition) is 5. The second-order valence-electron chi connectivity index (χ2n) is 22.6. The van der Waals surface area contributed by atoms with Crippen molar-refractivity contribution in [1.29, 1.82) is 0 Å². The predicted molar refractivity (Wildman–Crippen MR) is 400 cm³/mol. The number of nitrogens with two attached hydrogens (primary N) is 4. The molecule has 88 heavy (non-hydrogen) atoms. The van der Waals surface area contributed by atoms with Gasteiger partial charge in [0.25, 0.3) is 0 Å². The molecule has 0 spiro atoms. The molecule has 3 aliphatic rings. The Morgan fingerprint density at radius 3 is 1.15 bits per heavy atom. The number of aromatic nitrogens is 3. The lowest BCUT2D eigenvalue weighted by Crippen LogP contribution is -2.41. The zero-order valence-electron chi connectivity index (χ0n) is 52.4. The molecule has 3 aliphatic heterocycles. The van der Waals surface area contributed by atoms with E-state index in [1.807, 2.05) is 80.5 Å². The fraction of sp³-hybridized carbons (Fsp3) is 0.446. The standard InChI is InChI=1S/C12H24B2O4.C11H17BO2S.C10H9N3O2S.C10H11N3S.C5H4BrN3O2.C5H5BrS.C2H3I3.CH4O/c1-9(2)10(3,4)16-13(15-9)14-17-11(5,6)12(7,8)18-14;1-8-6-7-9(15-8)12-13-10(2,3)11(4,5)14-12;1-6-2-3-9(16-6)7-4-12-5-8(11)10(7)13(14)15;1-6-2-3-9(14-6)7-4-13-5-8(11)10(7)12;6-3-1-8-2-4(7)5(3)9(10)11;1-4-2-3-5(6)7-4;1-2(3,4)5;1-2/h1-8H3;6-7H,1-5H3;2-5H,11H2,1H3;2-5H,11H2,1H3,(H2,12,13);1-2H,7H2;2-3H,1H3;1H3;2H,1H3. The summed E-state index contributed by atoms with van der Waals surface area (Å²) in [4.78, 5) is 38.7. The number of nitro groups is 2. The minimum atomic E-state index is -0.554. The summed E-state index contributed by atoms with van der Waals surface area (Å²) in [6.07, 6.45) is 8.65. The largest absolute Gasteiger partial charge is 0.505 e. The molecule has 3 saturated heterocycles. The summed E-state index contributed by atoms with van der Waals surface area (Å²) in [5.41, 5.74) is 23.0. The van der Waals surface area contributed by atoms with Gasteiger partial charge in [0.15, 0.2) is 0 Å². The van der Waals surface area contributed by atoms with Crippen molar-refractivity contribution in [3.05, 3.63) is 134 Å². The van der Waals surface area contributed by atoms with E-state index in [9.17, 15) is 20.2 Å². The molecular weight excluding hydrogens is 1680 g/mol. The Labute approximate surface area is 591 Å². The number of pyridine rings is 3. The second kappa shape index (κ2) is 33.4. The SMILES string of the molecule is CC(I)(I)I.CC1(C)OB(B2OC(C)(C)C(C)(C)O2)OC1(C)C.CO.Cc1ccc(-c2cncc(N)c2N)s1.Cc1ccc(-c2cncc(N)c2[N+](=O)[O-])s1.Cc1ccc(B2OC(C)(C)C(C)(C)O2)s1.Cc1ccc(Br)s1.Nc1cncc(Br)c1[N+](=O)[O-]. The smallest absolute Gasteiger partial charge is 0.405 e. The van der Waals surface area contributed by atoms with Crippen molar-refractivity contribution in [2.45, 2.75) is 151 Å². The van der Waals surface area contributed by atoms with Gasteiger partial charge in [0.2, 0.25) is 0 Å². The van der Waals surface area contributed by atoms with E-state index >= 15 is 0 Å². The van der Waals surface area contributed by atoms with Crippen molar-refractivity contribution < 1.29 is 42.9 Å². The number of nitrogen functional groups attached to an aromatic ring is 4. The van der Waals surface area contributed by atoms with Crippen LogP contribution in [0.1, 0.15) is 110 Å². The first-order valence-corrected chi connectivity index (χ1v) is 34.9. The second-order valence-corrected chi connectivity index (χ2v) is 42.7. The Kier molecular flexibility index (Phi) is 30.2. The maximum Gasteiger partial charge on any atom is 0.505 e. The number of nitrogens with zero attached hydrogens (tertiary/aromatic N) is 5. The van der Waals surface area contributed by atoms with Crippen molar-refractivity contribution in [3.63, 3.8) is 0 Å². The molecule has 0 aromatic carbocycles. The number of alkyl halides is 3. The van der Waals surface area contributed by atoms with Gasteiger partial charge in [0, 0.05) is 65.3 Å². The summed E-state index contributed by atoms with van der Waals surface area (Å²) >= 11 is 20.0. The van der Waals surface area contributed by atoms with Crippen LogP contribution in [0.25, 0.3) is 20.9 Å². The Morgan fingerprint density at radius 1 is 0.500 bits per heavy atom. The first-order chi connectivity index (χ1) is 40.4. The number of aryl methyl sites for hydroxylation is 4. The number of aliphatic hydroxyl groups excluding tert-OH is 1. The fourth-order valence-electron chi connectivity index (χ4n) is 7.27. The Bertz CT molecular complexity index is 3300. The number of aliphatic hydroxyl groups is 1. The van der Waals surface area contributed by atoms with E-state index < -0.39 is 23.9 Å². The lowest BCUT2D eigenvalue weighted by molar-refractivity contribution is -0.384. The summed E-state index contributed by atoms with van der Waals surface area (Å²) in [5, 5.41) is 28.2. The molecule has 7 aromatic rings. The summed E-state index contributed by atoms with van der Waals surface area (Å²) in [5.74, 6) is 0. The van der Waals surface area contributed by atoms with Gasteiger partial charge in [-0.25, -0.2) is 0 Å². The van der Waals surface area contributed by atoms with Gasteiger partial charge in [-0.05, 0) is 192 Å². The van der Waals surface area contributed by atoms with Gasteiger partial charge in [-0.1, -0.05) is 73.8 Å². The Balaban J connectivity index is 0.000000274. The molecule has 10 heterocycles. The molecule has 0 bridgehead atoms. The minimum absolute atomic E-state index is 0.0596. The maximum atomic E-state index is 10.9. The van der Waals surface area contributed by atoms with Gasteiger partial charge in [-0.3, -0.25) is 35.2 Å². The van der Waals surface area contributed by atoms with Crippen LogP contribution in [-0.4, -0.2) is 91.2 Å². The first-order valence-electron chi connectivity index (χ1n) is 26.8. The van der Waals surface area contributed by atoms with E-state index in [0.717, 1.165) is 32.1 Å². The highest BCUT2D eigenvalue weighted by atomic mass is 127. The quantitative estimate of drug-likeness (QED) is 0.0340. The Hall–Kier alpha value is -2.69. The molecular formula is C56H77B3Br2I3N9O11S4. The first kappa shape index (κ1) is 79.6. The maximum absolute atomic E-state index is 10.9. The van der Waals surface area contributed by atoms with Crippen LogP contribution in [0.5, 0.6) is 0 Å². The van der Waals surface area contributed by atoms with Crippen LogP contribution in [-0.2, 0) is 27.9 Å². The van der Waals surface area contributed by atoms with E-state index in [1.54, 1.807) is 46.4 Å². The summed E-state index contributed by atoms with van der Waals surface area (Å²) < 4.78 is 38.8. The summed E-state index contributed by atoms with van der Waals surface area (Å²) in [6, 6.07) is 16.2. The average molecular weight is 1750 g/mol. The van der Waals surface area contributed by atoms with Crippen LogP contribution in [0, 0.1) is 47.9 Å². The zero-order chi connectivity index (χ0) is 67.3. The molecule has 0 unspecified atom stereocenters. The van der Waals surface area contributed by atoms with Gasteiger partial charge < -0.3 is 56.0 Å². The normalized spacial score (nSPS) is 16.8. The van der Waals surface area contributed by atoms with Gasteiger partial charge in [-0.15, -0.1) is 45.3 Å². The van der Waals surface area contributed by atoms with E-state index in [-0.39, 0.29) is 63.5 Å². The number of rotatable bonds is 6. The lowest BCUT2D eigenvalue weighted by atomic mass is 9.49. The molecule has 9 N–H and O–H groups in total. The van der Waals surface area contributed by atoms with Crippen LogP contribution in [0.2, 0.25) is 0 Å². The van der Waals surface area contributed by atoms with Gasteiger partial charge >= 0.3 is 32.5 Å². The fourth-order valence-corrected chi connectivity index (χ4v) is 11.9. The molecule has 0 radical (unpaired) electrons.